The highest BCUT2D eigenvalue weighted by Crippen LogP contribution is 2.39. The molecule has 3 rings (SSSR count). The van der Waals surface area contributed by atoms with Crippen molar-refractivity contribution in [2.24, 2.45) is 0 Å². The number of ether oxygens (including phenoxy) is 1. The molecule has 5 nitrogen and oxygen atoms in total. The second kappa shape index (κ2) is 4.09. The van der Waals surface area contributed by atoms with Gasteiger partial charge < -0.3 is 14.4 Å². The van der Waals surface area contributed by atoms with Gasteiger partial charge in [0.05, 0.1) is 12.6 Å². The SMILES string of the molecule is COC(=O)C1Cn2c(=O)c(O)cc3ccc(Br)c1c32. The Labute approximate surface area is 116 Å². The number of hydrogen-bond donors (Lipinski definition) is 1. The van der Waals surface area contributed by atoms with Crippen LogP contribution in [0.15, 0.2) is 27.5 Å². The van der Waals surface area contributed by atoms with Crippen LogP contribution in [0.1, 0.15) is 11.5 Å². The summed E-state index contributed by atoms with van der Waals surface area (Å²) in [5, 5.41) is 10.4. The van der Waals surface area contributed by atoms with Crippen molar-refractivity contribution in [3.05, 3.63) is 38.6 Å². The van der Waals surface area contributed by atoms with Gasteiger partial charge in [0.1, 0.15) is 5.92 Å². The molecule has 19 heavy (non-hydrogen) atoms. The number of pyridine rings is 1. The number of carbonyl (C=O) groups is 1. The number of aromatic nitrogens is 1. The number of rotatable bonds is 1. The van der Waals surface area contributed by atoms with Gasteiger partial charge in [0, 0.05) is 22.0 Å². The molecule has 0 aliphatic carbocycles. The van der Waals surface area contributed by atoms with Crippen LogP contribution in [0.3, 0.4) is 0 Å². The molecule has 98 valence electrons. The highest BCUT2D eigenvalue weighted by atomic mass is 79.9. The lowest BCUT2D eigenvalue weighted by Gasteiger charge is -2.09. The van der Waals surface area contributed by atoms with Crippen LogP contribution in [0.2, 0.25) is 0 Å². The Balaban J connectivity index is 2.41. The molecule has 2 aromatic rings. The first kappa shape index (κ1) is 12.2. The zero-order chi connectivity index (χ0) is 13.7. The Bertz CT molecular complexity index is 765. The van der Waals surface area contributed by atoms with E-state index in [0.29, 0.717) is 5.52 Å². The van der Waals surface area contributed by atoms with Crippen molar-refractivity contribution < 1.29 is 14.6 Å². The van der Waals surface area contributed by atoms with Crippen LogP contribution >= 0.6 is 15.9 Å². The summed E-state index contributed by atoms with van der Waals surface area (Å²) < 4.78 is 6.96. The van der Waals surface area contributed by atoms with Crippen molar-refractivity contribution in [3.8, 4) is 5.75 Å². The fraction of sp³-hybridized carbons (Fsp3) is 0.231. The molecular formula is C13H10BrNO4. The van der Waals surface area contributed by atoms with E-state index in [2.05, 4.69) is 15.9 Å². The highest BCUT2D eigenvalue weighted by Gasteiger charge is 2.34. The van der Waals surface area contributed by atoms with E-state index < -0.39 is 17.4 Å². The van der Waals surface area contributed by atoms with Crippen LogP contribution in [-0.2, 0) is 16.1 Å². The van der Waals surface area contributed by atoms with Gasteiger partial charge >= 0.3 is 5.97 Å². The van der Waals surface area contributed by atoms with Gasteiger partial charge in [-0.05, 0) is 12.1 Å². The third kappa shape index (κ3) is 1.59. The average Bonchev–Trinajstić information content (AvgIpc) is 2.80. The Morgan fingerprint density at radius 2 is 2.26 bits per heavy atom. The number of methoxy groups -OCH3 is 1. The number of benzene rings is 1. The predicted octanol–water partition coefficient (Wildman–Crippen LogP) is 1.74. The maximum Gasteiger partial charge on any atom is 0.315 e. The largest absolute Gasteiger partial charge is 0.503 e. The topological polar surface area (TPSA) is 68.5 Å². The number of carbonyl (C=O) groups excluding carboxylic acids is 1. The molecule has 0 spiro atoms. The van der Waals surface area contributed by atoms with Gasteiger partial charge in [-0.15, -0.1) is 0 Å². The van der Waals surface area contributed by atoms with Crippen molar-refractivity contribution in [2.75, 3.05) is 7.11 Å². The number of esters is 1. The lowest BCUT2D eigenvalue weighted by atomic mass is 10.0. The van der Waals surface area contributed by atoms with E-state index in [1.54, 1.807) is 12.1 Å². The second-order valence-corrected chi connectivity index (χ2v) is 5.27. The first-order chi connectivity index (χ1) is 9.04. The van der Waals surface area contributed by atoms with Gasteiger partial charge in [-0.3, -0.25) is 9.59 Å². The van der Waals surface area contributed by atoms with E-state index in [1.807, 2.05) is 0 Å². The summed E-state index contributed by atoms with van der Waals surface area (Å²) in [6.07, 6.45) is 0. The molecule has 1 aliphatic heterocycles. The molecule has 2 heterocycles. The first-order valence-electron chi connectivity index (χ1n) is 5.67. The third-order valence-corrected chi connectivity index (χ3v) is 4.11. The van der Waals surface area contributed by atoms with Crippen molar-refractivity contribution in [2.45, 2.75) is 12.5 Å². The summed E-state index contributed by atoms with van der Waals surface area (Å²) in [5.41, 5.74) is 0.923. The molecule has 0 saturated carbocycles. The molecule has 0 saturated heterocycles. The van der Waals surface area contributed by atoms with E-state index in [1.165, 1.54) is 17.7 Å². The summed E-state index contributed by atoms with van der Waals surface area (Å²) in [5.74, 6) is -1.24. The number of halogens is 1. The minimum atomic E-state index is -0.530. The number of hydrogen-bond acceptors (Lipinski definition) is 4. The molecule has 1 N–H and O–H groups in total. The van der Waals surface area contributed by atoms with E-state index in [-0.39, 0.29) is 12.3 Å². The Morgan fingerprint density at radius 1 is 1.53 bits per heavy atom. The molecule has 1 atom stereocenters. The van der Waals surface area contributed by atoms with Gasteiger partial charge in [0.15, 0.2) is 5.75 Å². The molecule has 1 unspecified atom stereocenters. The molecule has 0 fully saturated rings. The average molecular weight is 324 g/mol. The van der Waals surface area contributed by atoms with Crippen molar-refractivity contribution >= 4 is 32.8 Å². The monoisotopic (exact) mass is 323 g/mol. The molecule has 1 aliphatic rings. The zero-order valence-electron chi connectivity index (χ0n) is 10.0. The third-order valence-electron chi connectivity index (χ3n) is 3.42. The first-order valence-corrected chi connectivity index (χ1v) is 6.46. The fourth-order valence-electron chi connectivity index (χ4n) is 2.58. The van der Waals surface area contributed by atoms with Gasteiger partial charge in [-0.25, -0.2) is 0 Å². The molecular weight excluding hydrogens is 314 g/mol. The van der Waals surface area contributed by atoms with Crippen LogP contribution in [0, 0.1) is 0 Å². The number of aromatic hydroxyl groups is 1. The Kier molecular flexibility index (Phi) is 2.63. The number of nitrogens with zero attached hydrogens (tertiary/aromatic N) is 1. The van der Waals surface area contributed by atoms with Gasteiger partial charge in [0.25, 0.3) is 5.56 Å². The highest BCUT2D eigenvalue weighted by molar-refractivity contribution is 9.10. The standard InChI is InChI=1S/C13H10BrNO4/c1-19-13(18)7-5-15-11-6(4-9(16)12(15)17)2-3-8(14)10(7)11/h2-4,7,16H,5H2,1H3. The van der Waals surface area contributed by atoms with E-state index in [4.69, 9.17) is 4.74 Å². The Morgan fingerprint density at radius 3 is 2.95 bits per heavy atom. The molecule has 0 amide bonds. The van der Waals surface area contributed by atoms with Crippen LogP contribution < -0.4 is 5.56 Å². The smallest absolute Gasteiger partial charge is 0.315 e. The fourth-order valence-corrected chi connectivity index (χ4v) is 3.18. The van der Waals surface area contributed by atoms with Crippen LogP contribution in [0.4, 0.5) is 0 Å². The summed E-state index contributed by atoms with van der Waals surface area (Å²) in [7, 11) is 1.32. The summed E-state index contributed by atoms with van der Waals surface area (Å²) in [6.45, 7) is 0.189. The van der Waals surface area contributed by atoms with Crippen molar-refractivity contribution in [1.82, 2.24) is 4.57 Å². The van der Waals surface area contributed by atoms with Gasteiger partial charge in [-0.2, -0.15) is 0 Å². The zero-order valence-corrected chi connectivity index (χ0v) is 11.6. The van der Waals surface area contributed by atoms with Crippen molar-refractivity contribution in [3.63, 3.8) is 0 Å². The summed E-state index contributed by atoms with van der Waals surface area (Å²) in [4.78, 5) is 23.8. The van der Waals surface area contributed by atoms with E-state index in [0.717, 1.165) is 15.4 Å². The van der Waals surface area contributed by atoms with Crippen LogP contribution in [0.25, 0.3) is 10.9 Å². The molecule has 0 radical (unpaired) electrons. The minimum Gasteiger partial charge on any atom is -0.503 e. The maximum atomic E-state index is 12.0. The maximum absolute atomic E-state index is 12.0. The molecule has 1 aromatic carbocycles. The van der Waals surface area contributed by atoms with E-state index in [9.17, 15) is 14.7 Å². The lowest BCUT2D eigenvalue weighted by molar-refractivity contribution is -0.142. The minimum absolute atomic E-state index is 0.189. The predicted molar refractivity (Wildman–Crippen MR) is 72.3 cm³/mol. The summed E-state index contributed by atoms with van der Waals surface area (Å²) >= 11 is 3.41. The lowest BCUT2D eigenvalue weighted by Crippen LogP contribution is -2.21. The molecule has 6 heteroatoms. The molecule has 1 aromatic heterocycles. The summed E-state index contributed by atoms with van der Waals surface area (Å²) in [6, 6.07) is 5.01. The second-order valence-electron chi connectivity index (χ2n) is 4.42. The van der Waals surface area contributed by atoms with Gasteiger partial charge in [0.2, 0.25) is 0 Å². The molecule has 0 bridgehead atoms. The van der Waals surface area contributed by atoms with Gasteiger partial charge in [-0.1, -0.05) is 22.0 Å². The normalized spacial score (nSPS) is 16.8. The Hall–Kier alpha value is -1.82. The van der Waals surface area contributed by atoms with Crippen LogP contribution in [-0.4, -0.2) is 22.8 Å². The van der Waals surface area contributed by atoms with Crippen LogP contribution in [0.5, 0.6) is 5.75 Å². The van der Waals surface area contributed by atoms with E-state index >= 15 is 0 Å². The van der Waals surface area contributed by atoms with Crippen molar-refractivity contribution in [1.29, 1.82) is 0 Å². The quantitative estimate of drug-likeness (QED) is 0.812.